The molecule has 1 unspecified atom stereocenters. The first-order valence-electron chi connectivity index (χ1n) is 5.27. The summed E-state index contributed by atoms with van der Waals surface area (Å²) < 4.78 is 0. The second kappa shape index (κ2) is 4.72. The zero-order valence-corrected chi connectivity index (χ0v) is 10.5. The van der Waals surface area contributed by atoms with Gasteiger partial charge in [-0.3, -0.25) is 4.98 Å². The first kappa shape index (κ1) is 11.2. The normalized spacial score (nSPS) is 12.7. The fraction of sp³-hybridized carbons (Fsp3) is 0.333. The Morgan fingerprint density at radius 2 is 2.12 bits per heavy atom. The summed E-state index contributed by atoms with van der Waals surface area (Å²) >= 11 is 1.64. The van der Waals surface area contributed by atoms with Crippen molar-refractivity contribution in [2.45, 2.75) is 19.9 Å². The molecule has 0 aliphatic rings. The van der Waals surface area contributed by atoms with Crippen molar-refractivity contribution in [1.82, 2.24) is 15.3 Å². The fourth-order valence-corrected chi connectivity index (χ4v) is 2.29. The topological polar surface area (TPSA) is 37.8 Å². The van der Waals surface area contributed by atoms with Gasteiger partial charge in [0, 0.05) is 17.1 Å². The number of aromatic nitrogens is 2. The van der Waals surface area contributed by atoms with Crippen molar-refractivity contribution in [3.05, 3.63) is 35.0 Å². The Hall–Kier alpha value is -1.26. The van der Waals surface area contributed by atoms with Crippen LogP contribution in [0.15, 0.2) is 23.6 Å². The maximum atomic E-state index is 4.59. The van der Waals surface area contributed by atoms with E-state index < -0.39 is 0 Å². The van der Waals surface area contributed by atoms with E-state index in [0.29, 0.717) is 0 Å². The largest absolute Gasteiger partial charge is 0.312 e. The van der Waals surface area contributed by atoms with E-state index in [4.69, 9.17) is 0 Å². The zero-order valence-electron chi connectivity index (χ0n) is 9.69. The molecule has 4 heteroatoms. The first-order valence-corrected chi connectivity index (χ1v) is 6.15. The average Bonchev–Trinajstić information content (AvgIpc) is 2.77. The number of hydrogen-bond donors (Lipinski definition) is 1. The van der Waals surface area contributed by atoms with Gasteiger partial charge in [-0.1, -0.05) is 6.07 Å². The maximum Gasteiger partial charge on any atom is 0.142 e. The van der Waals surface area contributed by atoms with Crippen LogP contribution in [-0.2, 0) is 0 Å². The molecule has 0 aliphatic heterocycles. The third-order valence-corrected chi connectivity index (χ3v) is 3.39. The van der Waals surface area contributed by atoms with Crippen LogP contribution in [0.4, 0.5) is 0 Å². The summed E-state index contributed by atoms with van der Waals surface area (Å²) in [6.45, 7) is 4.09. The zero-order chi connectivity index (χ0) is 11.5. The Kier molecular flexibility index (Phi) is 3.31. The molecule has 0 aromatic carbocycles. The second-order valence-corrected chi connectivity index (χ2v) is 4.61. The van der Waals surface area contributed by atoms with Crippen LogP contribution in [0.25, 0.3) is 10.7 Å². The highest BCUT2D eigenvalue weighted by molar-refractivity contribution is 7.13. The van der Waals surface area contributed by atoms with Crippen molar-refractivity contribution >= 4 is 11.3 Å². The van der Waals surface area contributed by atoms with Gasteiger partial charge in [-0.2, -0.15) is 0 Å². The van der Waals surface area contributed by atoms with Crippen LogP contribution in [0.2, 0.25) is 0 Å². The lowest BCUT2D eigenvalue weighted by Gasteiger charge is -2.04. The molecule has 0 fully saturated rings. The first-order chi connectivity index (χ1) is 7.70. The Morgan fingerprint density at radius 3 is 2.81 bits per heavy atom. The minimum atomic E-state index is 0.287. The summed E-state index contributed by atoms with van der Waals surface area (Å²) in [6, 6.07) is 6.29. The van der Waals surface area contributed by atoms with Gasteiger partial charge in [0.1, 0.15) is 5.01 Å². The maximum absolute atomic E-state index is 4.59. The Bertz CT molecular complexity index is 479. The monoisotopic (exact) mass is 233 g/mol. The van der Waals surface area contributed by atoms with Gasteiger partial charge in [-0.15, -0.1) is 11.3 Å². The van der Waals surface area contributed by atoms with Crippen LogP contribution >= 0.6 is 11.3 Å². The minimum Gasteiger partial charge on any atom is -0.312 e. The van der Waals surface area contributed by atoms with Gasteiger partial charge in [0.25, 0.3) is 0 Å². The van der Waals surface area contributed by atoms with Crippen molar-refractivity contribution < 1.29 is 0 Å². The molecule has 2 aromatic rings. The SMILES string of the molecule is CNC(C)c1csc(-c2cccc(C)n2)n1. The van der Waals surface area contributed by atoms with Crippen molar-refractivity contribution in [3.8, 4) is 10.7 Å². The summed E-state index contributed by atoms with van der Waals surface area (Å²) in [5.41, 5.74) is 3.06. The number of pyridine rings is 1. The molecular formula is C12H15N3S. The van der Waals surface area contributed by atoms with Crippen LogP contribution in [0.3, 0.4) is 0 Å². The standard InChI is InChI=1S/C12H15N3S/c1-8-5-4-6-10(14-8)12-15-11(7-16-12)9(2)13-3/h4-7,9,13H,1-3H3. The lowest BCUT2D eigenvalue weighted by molar-refractivity contribution is 0.637. The second-order valence-electron chi connectivity index (χ2n) is 3.75. The quantitative estimate of drug-likeness (QED) is 0.885. The number of hydrogen-bond acceptors (Lipinski definition) is 4. The summed E-state index contributed by atoms with van der Waals surface area (Å²) in [5, 5.41) is 6.25. The molecular weight excluding hydrogens is 218 g/mol. The summed E-state index contributed by atoms with van der Waals surface area (Å²) in [5.74, 6) is 0. The van der Waals surface area contributed by atoms with Crippen molar-refractivity contribution in [1.29, 1.82) is 0 Å². The van der Waals surface area contributed by atoms with Crippen LogP contribution in [0.5, 0.6) is 0 Å². The minimum absolute atomic E-state index is 0.287. The molecule has 2 rings (SSSR count). The van der Waals surface area contributed by atoms with E-state index in [2.05, 4.69) is 27.6 Å². The Morgan fingerprint density at radius 1 is 1.31 bits per heavy atom. The van der Waals surface area contributed by atoms with Gasteiger partial charge in [0.15, 0.2) is 0 Å². The molecule has 3 nitrogen and oxygen atoms in total. The van der Waals surface area contributed by atoms with Gasteiger partial charge in [0.2, 0.25) is 0 Å². The van der Waals surface area contributed by atoms with Crippen molar-refractivity contribution in [2.24, 2.45) is 0 Å². The third-order valence-electron chi connectivity index (χ3n) is 2.51. The van der Waals surface area contributed by atoms with Crippen LogP contribution in [-0.4, -0.2) is 17.0 Å². The molecule has 2 heterocycles. The molecule has 0 saturated heterocycles. The van der Waals surface area contributed by atoms with E-state index in [1.54, 1.807) is 11.3 Å². The van der Waals surface area contributed by atoms with Crippen LogP contribution < -0.4 is 5.32 Å². The molecule has 0 amide bonds. The van der Waals surface area contributed by atoms with E-state index in [1.807, 2.05) is 32.2 Å². The van der Waals surface area contributed by atoms with E-state index in [0.717, 1.165) is 22.1 Å². The highest BCUT2D eigenvalue weighted by Gasteiger charge is 2.09. The van der Waals surface area contributed by atoms with E-state index in [9.17, 15) is 0 Å². The molecule has 84 valence electrons. The number of rotatable bonds is 3. The summed E-state index contributed by atoms with van der Waals surface area (Å²) in [7, 11) is 1.94. The molecule has 0 bridgehead atoms. The number of nitrogens with zero attached hydrogens (tertiary/aromatic N) is 2. The highest BCUT2D eigenvalue weighted by Crippen LogP contribution is 2.24. The third kappa shape index (κ3) is 2.28. The number of aryl methyl sites for hydroxylation is 1. The summed E-state index contributed by atoms with van der Waals surface area (Å²) in [4.78, 5) is 9.06. The number of nitrogens with one attached hydrogen (secondary N) is 1. The smallest absolute Gasteiger partial charge is 0.142 e. The van der Waals surface area contributed by atoms with Crippen LogP contribution in [0.1, 0.15) is 24.4 Å². The van der Waals surface area contributed by atoms with E-state index in [1.165, 1.54) is 0 Å². The molecule has 0 saturated carbocycles. The highest BCUT2D eigenvalue weighted by atomic mass is 32.1. The number of thiazole rings is 1. The van der Waals surface area contributed by atoms with E-state index in [-0.39, 0.29) is 6.04 Å². The fourth-order valence-electron chi connectivity index (χ4n) is 1.41. The molecule has 1 atom stereocenters. The molecule has 0 radical (unpaired) electrons. The lowest BCUT2D eigenvalue weighted by Crippen LogP contribution is -2.12. The molecule has 16 heavy (non-hydrogen) atoms. The molecule has 2 aromatic heterocycles. The van der Waals surface area contributed by atoms with Gasteiger partial charge in [-0.25, -0.2) is 4.98 Å². The lowest BCUT2D eigenvalue weighted by atomic mass is 10.2. The van der Waals surface area contributed by atoms with Gasteiger partial charge < -0.3 is 5.32 Å². The van der Waals surface area contributed by atoms with Gasteiger partial charge in [-0.05, 0) is 33.0 Å². The molecule has 0 aliphatic carbocycles. The molecule has 1 N–H and O–H groups in total. The van der Waals surface area contributed by atoms with Crippen molar-refractivity contribution in [2.75, 3.05) is 7.05 Å². The summed E-state index contributed by atoms with van der Waals surface area (Å²) in [6.07, 6.45) is 0. The van der Waals surface area contributed by atoms with Gasteiger partial charge in [0.05, 0.1) is 11.4 Å². The predicted octanol–water partition coefficient (Wildman–Crippen LogP) is 2.79. The molecule has 0 spiro atoms. The predicted molar refractivity (Wildman–Crippen MR) is 67.6 cm³/mol. The van der Waals surface area contributed by atoms with Crippen molar-refractivity contribution in [3.63, 3.8) is 0 Å². The van der Waals surface area contributed by atoms with Crippen LogP contribution in [0, 0.1) is 6.92 Å². The average molecular weight is 233 g/mol. The Balaban J connectivity index is 2.31. The van der Waals surface area contributed by atoms with Gasteiger partial charge >= 0.3 is 0 Å². The Labute approximate surface area is 99.6 Å². The van der Waals surface area contributed by atoms with E-state index >= 15 is 0 Å².